The molecule has 0 aromatic heterocycles. The molecule has 114 valence electrons. The maximum atomic E-state index is 12.4. The minimum absolute atomic E-state index is 0.0459. The van der Waals surface area contributed by atoms with Crippen LogP contribution in [-0.2, 0) is 4.79 Å². The van der Waals surface area contributed by atoms with E-state index in [0.717, 1.165) is 43.7 Å². The summed E-state index contributed by atoms with van der Waals surface area (Å²) in [4.78, 5) is 14.6. The van der Waals surface area contributed by atoms with Crippen LogP contribution in [-0.4, -0.2) is 43.0 Å². The zero-order valence-electron chi connectivity index (χ0n) is 12.7. The fourth-order valence-corrected chi connectivity index (χ4v) is 3.26. The van der Waals surface area contributed by atoms with E-state index in [1.165, 1.54) is 19.3 Å². The van der Waals surface area contributed by atoms with Crippen molar-refractivity contribution in [1.82, 2.24) is 10.2 Å². The summed E-state index contributed by atoms with van der Waals surface area (Å²) in [5.41, 5.74) is 6.73. The van der Waals surface area contributed by atoms with Gasteiger partial charge in [0.15, 0.2) is 0 Å². The van der Waals surface area contributed by atoms with E-state index < -0.39 is 0 Å². The number of likely N-dealkylation sites (tertiary alicyclic amines) is 1. The Hall–Kier alpha value is -0.870. The summed E-state index contributed by atoms with van der Waals surface area (Å²) in [6.45, 7) is 5.78. The van der Waals surface area contributed by atoms with E-state index in [9.17, 15) is 4.79 Å². The number of carbonyl (C=O) groups excluding carboxylic acids is 1. The summed E-state index contributed by atoms with van der Waals surface area (Å²) in [5.74, 6) is 0.934. The van der Waals surface area contributed by atoms with Gasteiger partial charge < -0.3 is 11.1 Å². The zero-order valence-corrected chi connectivity index (χ0v) is 12.7. The molecule has 0 radical (unpaired) electrons. The van der Waals surface area contributed by atoms with Crippen LogP contribution in [0, 0.1) is 5.92 Å². The van der Waals surface area contributed by atoms with Crippen molar-refractivity contribution in [3.63, 3.8) is 0 Å². The van der Waals surface area contributed by atoms with E-state index in [-0.39, 0.29) is 18.0 Å². The fourth-order valence-electron chi connectivity index (χ4n) is 3.26. The van der Waals surface area contributed by atoms with Gasteiger partial charge in [0.1, 0.15) is 0 Å². The number of nitrogens with two attached hydrogens (primary N) is 1. The third-order valence-corrected chi connectivity index (χ3v) is 4.89. The number of amides is 1. The van der Waals surface area contributed by atoms with Crippen LogP contribution in [0.1, 0.15) is 44.9 Å². The molecule has 1 aliphatic carbocycles. The number of likely N-dealkylation sites (N-methyl/N-ethyl adjacent to an activating group) is 1. The third kappa shape index (κ3) is 3.83. The van der Waals surface area contributed by atoms with Gasteiger partial charge in [-0.3, -0.25) is 9.69 Å². The van der Waals surface area contributed by atoms with Crippen LogP contribution in [0.25, 0.3) is 0 Å². The molecule has 1 amide bonds. The number of nitrogens with zero attached hydrogens (tertiary/aromatic N) is 1. The monoisotopic (exact) mass is 279 g/mol. The molecule has 2 atom stereocenters. The minimum atomic E-state index is 0.0459. The van der Waals surface area contributed by atoms with Crippen LogP contribution in [0.5, 0.6) is 0 Å². The predicted octanol–water partition coefficient (Wildman–Crippen LogP) is 1.66. The molecule has 0 aromatic rings. The lowest BCUT2D eigenvalue weighted by Crippen LogP contribution is -2.47. The lowest BCUT2D eigenvalue weighted by molar-refractivity contribution is -0.125. The molecule has 4 heteroatoms. The van der Waals surface area contributed by atoms with Gasteiger partial charge in [0.2, 0.25) is 5.91 Å². The number of rotatable bonds is 7. The van der Waals surface area contributed by atoms with Crippen molar-refractivity contribution in [2.24, 2.45) is 11.7 Å². The van der Waals surface area contributed by atoms with Crippen molar-refractivity contribution in [2.45, 2.75) is 57.0 Å². The molecule has 2 fully saturated rings. The molecule has 1 aliphatic heterocycles. The van der Waals surface area contributed by atoms with Crippen molar-refractivity contribution in [1.29, 1.82) is 0 Å². The maximum absolute atomic E-state index is 12.4. The van der Waals surface area contributed by atoms with Crippen LogP contribution < -0.4 is 11.1 Å². The van der Waals surface area contributed by atoms with E-state index in [4.69, 9.17) is 5.73 Å². The van der Waals surface area contributed by atoms with E-state index in [1.54, 1.807) is 0 Å². The Labute approximate surface area is 122 Å². The Morgan fingerprint density at radius 1 is 1.40 bits per heavy atom. The second-order valence-electron chi connectivity index (χ2n) is 6.43. The molecular weight excluding hydrogens is 250 g/mol. The normalized spacial score (nSPS) is 25.2. The summed E-state index contributed by atoms with van der Waals surface area (Å²) in [7, 11) is 2.03. The molecule has 0 bridgehead atoms. The molecular formula is C16H29N3O. The molecule has 2 rings (SSSR count). The first-order valence-corrected chi connectivity index (χ1v) is 8.00. The molecule has 4 nitrogen and oxygen atoms in total. The molecule has 3 N–H and O–H groups in total. The van der Waals surface area contributed by atoms with Gasteiger partial charge in [0, 0.05) is 0 Å². The quantitative estimate of drug-likeness (QED) is 0.697. The van der Waals surface area contributed by atoms with Gasteiger partial charge in [-0.15, -0.1) is 0 Å². The second kappa shape index (κ2) is 7.23. The largest absolute Gasteiger partial charge is 0.348 e. The molecule has 20 heavy (non-hydrogen) atoms. The van der Waals surface area contributed by atoms with E-state index >= 15 is 0 Å². The molecule has 2 unspecified atom stereocenters. The lowest BCUT2D eigenvalue weighted by atomic mass is 9.79. The highest BCUT2D eigenvalue weighted by molar-refractivity contribution is 5.82. The smallest absolute Gasteiger partial charge is 0.237 e. The number of nitrogens with one attached hydrogen (secondary N) is 1. The Morgan fingerprint density at radius 3 is 2.65 bits per heavy atom. The van der Waals surface area contributed by atoms with Crippen molar-refractivity contribution >= 4 is 5.91 Å². The first kappa shape index (κ1) is 15.5. The Morgan fingerprint density at radius 2 is 2.15 bits per heavy atom. The van der Waals surface area contributed by atoms with Crippen LogP contribution in [0.3, 0.4) is 0 Å². The zero-order chi connectivity index (χ0) is 14.5. The first-order chi connectivity index (χ1) is 9.61. The molecule has 2 aliphatic rings. The molecule has 1 heterocycles. The minimum Gasteiger partial charge on any atom is -0.348 e. The SMILES string of the molecule is C=C(CCN)C(CC1CCC1)NC(=O)C1CCCN1C. The highest BCUT2D eigenvalue weighted by Gasteiger charge is 2.31. The summed E-state index contributed by atoms with van der Waals surface area (Å²) >= 11 is 0. The summed E-state index contributed by atoms with van der Waals surface area (Å²) < 4.78 is 0. The summed E-state index contributed by atoms with van der Waals surface area (Å²) in [5, 5.41) is 3.24. The van der Waals surface area contributed by atoms with Crippen LogP contribution in [0.2, 0.25) is 0 Å². The average molecular weight is 279 g/mol. The summed E-state index contributed by atoms with van der Waals surface area (Å²) in [6, 6.07) is 0.162. The average Bonchev–Trinajstić information content (AvgIpc) is 2.78. The number of hydrogen-bond acceptors (Lipinski definition) is 3. The molecule has 1 saturated heterocycles. The van der Waals surface area contributed by atoms with Gasteiger partial charge in [0.05, 0.1) is 12.1 Å². The Bertz CT molecular complexity index is 352. The van der Waals surface area contributed by atoms with Gasteiger partial charge in [0.25, 0.3) is 0 Å². The maximum Gasteiger partial charge on any atom is 0.237 e. The number of hydrogen-bond donors (Lipinski definition) is 2. The van der Waals surface area contributed by atoms with Gasteiger partial charge in [-0.05, 0) is 51.7 Å². The van der Waals surface area contributed by atoms with Crippen LogP contribution >= 0.6 is 0 Å². The van der Waals surface area contributed by atoms with Crippen molar-refractivity contribution in [3.05, 3.63) is 12.2 Å². The van der Waals surface area contributed by atoms with Crippen LogP contribution in [0.4, 0.5) is 0 Å². The van der Waals surface area contributed by atoms with E-state index in [0.29, 0.717) is 6.54 Å². The first-order valence-electron chi connectivity index (χ1n) is 8.00. The molecule has 1 saturated carbocycles. The third-order valence-electron chi connectivity index (χ3n) is 4.89. The molecule has 0 spiro atoms. The van der Waals surface area contributed by atoms with Crippen molar-refractivity contribution in [3.8, 4) is 0 Å². The van der Waals surface area contributed by atoms with Gasteiger partial charge in [-0.2, -0.15) is 0 Å². The molecule has 0 aromatic carbocycles. The van der Waals surface area contributed by atoms with Gasteiger partial charge in [-0.25, -0.2) is 0 Å². The second-order valence-corrected chi connectivity index (χ2v) is 6.43. The lowest BCUT2D eigenvalue weighted by Gasteiger charge is -2.32. The van der Waals surface area contributed by atoms with E-state index in [1.807, 2.05) is 7.05 Å². The Balaban J connectivity index is 1.91. The summed E-state index contributed by atoms with van der Waals surface area (Å²) in [6.07, 6.45) is 7.87. The van der Waals surface area contributed by atoms with Crippen molar-refractivity contribution in [2.75, 3.05) is 20.1 Å². The highest BCUT2D eigenvalue weighted by Crippen LogP contribution is 2.32. The van der Waals surface area contributed by atoms with Gasteiger partial charge in [-0.1, -0.05) is 31.4 Å². The Kier molecular flexibility index (Phi) is 5.61. The topological polar surface area (TPSA) is 58.4 Å². The van der Waals surface area contributed by atoms with Crippen molar-refractivity contribution < 1.29 is 4.79 Å². The number of carbonyl (C=O) groups is 1. The van der Waals surface area contributed by atoms with Gasteiger partial charge >= 0.3 is 0 Å². The standard InChI is InChI=1S/C16H29N3O/c1-12(8-9-17)14(11-13-5-3-6-13)18-16(20)15-7-4-10-19(15)2/h13-15H,1,3-11,17H2,2H3,(H,18,20). The fraction of sp³-hybridized carbons (Fsp3) is 0.812. The van der Waals surface area contributed by atoms with Crippen LogP contribution in [0.15, 0.2) is 12.2 Å². The predicted molar refractivity (Wildman–Crippen MR) is 82.4 cm³/mol. The highest BCUT2D eigenvalue weighted by atomic mass is 16.2. The van der Waals surface area contributed by atoms with E-state index in [2.05, 4.69) is 16.8 Å².